The number of nitrogens with two attached hydrogens (primary N) is 1. The Balaban J connectivity index is 0.00000312. The van der Waals surface area contributed by atoms with Crippen molar-refractivity contribution >= 4 is 28.2 Å². The van der Waals surface area contributed by atoms with Gasteiger partial charge in [0.2, 0.25) is 5.91 Å². The highest BCUT2D eigenvalue weighted by molar-refractivity contribution is 7.90. The molecule has 6 nitrogen and oxygen atoms in total. The van der Waals surface area contributed by atoms with Crippen LogP contribution in [-0.2, 0) is 14.6 Å². The Morgan fingerprint density at radius 1 is 1.32 bits per heavy atom. The number of sulfone groups is 1. The smallest absolute Gasteiger partial charge is 0.225 e. The Kier molecular flexibility index (Phi) is 7.71. The summed E-state index contributed by atoms with van der Waals surface area (Å²) in [7, 11) is -3.20. The molecule has 2 atom stereocenters. The third-order valence-electron chi connectivity index (χ3n) is 4.49. The first-order chi connectivity index (χ1) is 11.2. The number of carbonyl (C=O) groups is 1. The molecule has 1 aromatic rings. The van der Waals surface area contributed by atoms with E-state index in [1.807, 2.05) is 6.92 Å². The molecule has 1 aromatic carbocycles. The summed E-state index contributed by atoms with van der Waals surface area (Å²) in [6.07, 6.45) is 4.97. The average Bonchev–Trinajstić information content (AvgIpc) is 2.50. The molecule has 0 bridgehead atoms. The lowest BCUT2D eigenvalue weighted by Gasteiger charge is -2.37. The maximum Gasteiger partial charge on any atom is 0.225 e. The van der Waals surface area contributed by atoms with Gasteiger partial charge in [-0.05, 0) is 44.0 Å². The second kappa shape index (κ2) is 8.87. The average molecular weight is 391 g/mol. The van der Waals surface area contributed by atoms with Gasteiger partial charge in [0, 0.05) is 11.8 Å². The fourth-order valence-corrected chi connectivity index (χ4v) is 3.67. The summed E-state index contributed by atoms with van der Waals surface area (Å²) < 4.78 is 28.3. The van der Waals surface area contributed by atoms with Crippen LogP contribution in [0.5, 0.6) is 5.75 Å². The van der Waals surface area contributed by atoms with Crippen LogP contribution in [0.2, 0.25) is 0 Å². The quantitative estimate of drug-likeness (QED) is 0.723. The van der Waals surface area contributed by atoms with Crippen molar-refractivity contribution in [3.63, 3.8) is 0 Å². The second-order valence-corrected chi connectivity index (χ2v) is 8.70. The highest BCUT2D eigenvalue weighted by Crippen LogP contribution is 2.31. The molecule has 1 amide bonds. The van der Waals surface area contributed by atoms with E-state index in [1.54, 1.807) is 12.1 Å². The molecule has 0 radical (unpaired) electrons. The van der Waals surface area contributed by atoms with Crippen LogP contribution in [0, 0.1) is 5.92 Å². The zero-order chi connectivity index (χ0) is 17.8. The van der Waals surface area contributed by atoms with Gasteiger partial charge >= 0.3 is 0 Å². The van der Waals surface area contributed by atoms with Gasteiger partial charge < -0.3 is 15.8 Å². The lowest BCUT2D eigenvalue weighted by atomic mass is 9.74. The number of rotatable bonds is 6. The molecular formula is C17H27ClN2O4S. The van der Waals surface area contributed by atoms with E-state index in [0.29, 0.717) is 18.9 Å². The highest BCUT2D eigenvalue weighted by Gasteiger charge is 2.37. The molecule has 1 aliphatic carbocycles. The number of benzene rings is 1. The van der Waals surface area contributed by atoms with Gasteiger partial charge in [0.05, 0.1) is 17.4 Å². The lowest BCUT2D eigenvalue weighted by molar-refractivity contribution is -0.128. The molecule has 2 unspecified atom stereocenters. The Hall–Kier alpha value is -1.31. The van der Waals surface area contributed by atoms with E-state index >= 15 is 0 Å². The topological polar surface area (TPSA) is 98.5 Å². The summed E-state index contributed by atoms with van der Waals surface area (Å²) in [6.45, 7) is 2.65. The number of amides is 1. The van der Waals surface area contributed by atoms with E-state index in [4.69, 9.17) is 10.5 Å². The van der Waals surface area contributed by atoms with Gasteiger partial charge in [-0.1, -0.05) is 12.8 Å². The van der Waals surface area contributed by atoms with Crippen LogP contribution in [0.25, 0.3) is 0 Å². The fraction of sp³-hybridized carbons (Fsp3) is 0.588. The summed E-state index contributed by atoms with van der Waals surface area (Å²) in [5.41, 5.74) is 5.79. The third kappa shape index (κ3) is 6.17. The second-order valence-electron chi connectivity index (χ2n) is 6.69. The van der Waals surface area contributed by atoms with E-state index in [-0.39, 0.29) is 29.1 Å². The van der Waals surface area contributed by atoms with Gasteiger partial charge in [-0.3, -0.25) is 4.79 Å². The molecule has 0 spiro atoms. The number of halogens is 1. The van der Waals surface area contributed by atoms with Gasteiger partial charge in [0.25, 0.3) is 0 Å². The summed E-state index contributed by atoms with van der Waals surface area (Å²) >= 11 is 0. The minimum atomic E-state index is -3.20. The first-order valence-electron chi connectivity index (χ1n) is 8.20. The van der Waals surface area contributed by atoms with Crippen LogP contribution in [-0.4, -0.2) is 39.3 Å². The standard InChI is InChI=1S/C17H26N2O4S.ClH/c1-17(18)10-4-3-5-15(17)16(20)19-11-12-23-13-6-8-14(9-7-13)24(2,21)22;/h6-9,15H,3-5,10-12,18H2,1-2H3,(H,19,20);1H. The van der Waals surface area contributed by atoms with Gasteiger partial charge in [0.15, 0.2) is 9.84 Å². The van der Waals surface area contributed by atoms with Crippen molar-refractivity contribution in [2.75, 3.05) is 19.4 Å². The Bertz CT molecular complexity index is 674. The predicted molar refractivity (Wildman–Crippen MR) is 99.9 cm³/mol. The maximum absolute atomic E-state index is 12.3. The molecule has 1 aliphatic rings. The lowest BCUT2D eigenvalue weighted by Crippen LogP contribution is -2.53. The molecule has 25 heavy (non-hydrogen) atoms. The number of hydrogen-bond donors (Lipinski definition) is 2. The summed E-state index contributed by atoms with van der Waals surface area (Å²) in [5, 5.41) is 2.87. The molecule has 1 fully saturated rings. The van der Waals surface area contributed by atoms with Gasteiger partial charge in [0.1, 0.15) is 12.4 Å². The highest BCUT2D eigenvalue weighted by atomic mass is 35.5. The van der Waals surface area contributed by atoms with E-state index in [2.05, 4.69) is 5.32 Å². The molecule has 0 saturated heterocycles. The number of nitrogens with one attached hydrogen (secondary N) is 1. The first-order valence-corrected chi connectivity index (χ1v) is 10.1. The molecule has 1 saturated carbocycles. The van der Waals surface area contributed by atoms with Crippen molar-refractivity contribution in [1.82, 2.24) is 5.32 Å². The van der Waals surface area contributed by atoms with Crippen molar-refractivity contribution < 1.29 is 17.9 Å². The predicted octanol–water partition coefficient (Wildman–Crippen LogP) is 1.91. The molecule has 142 valence electrons. The third-order valence-corrected chi connectivity index (χ3v) is 5.62. The van der Waals surface area contributed by atoms with Crippen molar-refractivity contribution in [3.05, 3.63) is 24.3 Å². The van der Waals surface area contributed by atoms with E-state index in [1.165, 1.54) is 12.1 Å². The summed E-state index contributed by atoms with van der Waals surface area (Å²) in [4.78, 5) is 12.5. The first kappa shape index (κ1) is 21.7. The van der Waals surface area contributed by atoms with E-state index < -0.39 is 15.4 Å². The van der Waals surface area contributed by atoms with Crippen molar-refractivity contribution in [2.24, 2.45) is 11.7 Å². The van der Waals surface area contributed by atoms with Crippen molar-refractivity contribution in [2.45, 2.75) is 43.0 Å². The summed E-state index contributed by atoms with van der Waals surface area (Å²) in [6, 6.07) is 6.23. The summed E-state index contributed by atoms with van der Waals surface area (Å²) in [5.74, 6) is 0.397. The van der Waals surface area contributed by atoms with Crippen molar-refractivity contribution in [3.8, 4) is 5.75 Å². The number of ether oxygens (including phenoxy) is 1. The minimum absolute atomic E-state index is 0. The molecule has 8 heteroatoms. The molecule has 2 rings (SSSR count). The van der Waals surface area contributed by atoms with Crippen LogP contribution in [0.15, 0.2) is 29.2 Å². The molecule has 0 aliphatic heterocycles. The Labute approximate surface area is 155 Å². The van der Waals surface area contributed by atoms with Gasteiger partial charge in [-0.15, -0.1) is 12.4 Å². The van der Waals surface area contributed by atoms with Crippen LogP contribution >= 0.6 is 12.4 Å². The Morgan fingerprint density at radius 3 is 2.52 bits per heavy atom. The molecule has 3 N–H and O–H groups in total. The van der Waals surface area contributed by atoms with E-state index in [9.17, 15) is 13.2 Å². The molecule has 0 heterocycles. The largest absolute Gasteiger partial charge is 0.492 e. The number of hydrogen-bond acceptors (Lipinski definition) is 5. The van der Waals surface area contributed by atoms with Crippen molar-refractivity contribution in [1.29, 1.82) is 0 Å². The minimum Gasteiger partial charge on any atom is -0.492 e. The molecule has 0 aromatic heterocycles. The maximum atomic E-state index is 12.3. The van der Waals surface area contributed by atoms with Crippen LogP contribution < -0.4 is 15.8 Å². The van der Waals surface area contributed by atoms with Gasteiger partial charge in [-0.25, -0.2) is 8.42 Å². The van der Waals surface area contributed by atoms with E-state index in [0.717, 1.165) is 31.9 Å². The zero-order valence-corrected chi connectivity index (χ0v) is 16.3. The van der Waals surface area contributed by atoms with Gasteiger partial charge in [-0.2, -0.15) is 0 Å². The van der Waals surface area contributed by atoms with Crippen LogP contribution in [0.4, 0.5) is 0 Å². The monoisotopic (exact) mass is 390 g/mol. The van der Waals surface area contributed by atoms with Crippen LogP contribution in [0.1, 0.15) is 32.6 Å². The van der Waals surface area contributed by atoms with Crippen LogP contribution in [0.3, 0.4) is 0 Å². The Morgan fingerprint density at radius 2 is 1.96 bits per heavy atom. The zero-order valence-electron chi connectivity index (χ0n) is 14.7. The fourth-order valence-electron chi connectivity index (χ4n) is 3.04. The SMILES string of the molecule is CC1(N)CCCCC1C(=O)NCCOc1ccc(S(C)(=O)=O)cc1.Cl. The normalized spacial score (nSPS) is 23.4. The molecular weight excluding hydrogens is 364 g/mol. The number of carbonyl (C=O) groups excluding carboxylic acids is 1.